The summed E-state index contributed by atoms with van der Waals surface area (Å²) in [7, 11) is 0. The predicted octanol–water partition coefficient (Wildman–Crippen LogP) is -2.78. The number of primary amides is 1. The van der Waals surface area contributed by atoms with Gasteiger partial charge in [-0.25, -0.2) is 4.79 Å². The zero-order chi connectivity index (χ0) is 18.4. The van der Waals surface area contributed by atoms with E-state index < -0.39 is 60.6 Å². The van der Waals surface area contributed by atoms with Gasteiger partial charge in [-0.15, -0.1) is 0 Å². The van der Waals surface area contributed by atoms with Crippen LogP contribution in [-0.4, -0.2) is 69.4 Å². The first-order valence-electron chi connectivity index (χ1n) is 7.22. The zero-order valence-electron chi connectivity index (χ0n) is 12.8. The quantitative estimate of drug-likeness (QED) is 0.312. The summed E-state index contributed by atoms with van der Waals surface area (Å²) in [4.78, 5) is 58.0. The summed E-state index contributed by atoms with van der Waals surface area (Å²) in [6.07, 6.45) is -0.402. The van der Waals surface area contributed by atoms with Gasteiger partial charge in [0.2, 0.25) is 17.7 Å². The Hall–Kier alpha value is -2.69. The van der Waals surface area contributed by atoms with E-state index in [1.54, 1.807) is 0 Å². The maximum absolute atomic E-state index is 12.2. The fraction of sp³-hybridized carbons (Fsp3) is 0.615. The molecule has 3 atom stereocenters. The van der Waals surface area contributed by atoms with E-state index in [0.717, 1.165) is 4.90 Å². The lowest BCUT2D eigenvalue weighted by Crippen LogP contribution is -2.54. The van der Waals surface area contributed by atoms with Crippen LogP contribution in [0, 0.1) is 0 Å². The van der Waals surface area contributed by atoms with Crippen LogP contribution in [0.3, 0.4) is 0 Å². The topological polar surface area (TPSA) is 193 Å². The average molecular weight is 344 g/mol. The Bertz CT molecular complexity index is 550. The number of carbonyl (C=O) groups is 5. The highest BCUT2D eigenvalue weighted by Crippen LogP contribution is 2.19. The van der Waals surface area contributed by atoms with Crippen LogP contribution in [0.5, 0.6) is 0 Å². The van der Waals surface area contributed by atoms with Crippen LogP contribution in [-0.2, 0) is 24.0 Å². The molecule has 1 fully saturated rings. The maximum Gasteiger partial charge on any atom is 0.326 e. The first-order chi connectivity index (χ1) is 11.1. The van der Waals surface area contributed by atoms with Gasteiger partial charge in [0.1, 0.15) is 12.1 Å². The number of nitrogens with one attached hydrogen (secondary N) is 1. The Morgan fingerprint density at radius 2 is 1.79 bits per heavy atom. The van der Waals surface area contributed by atoms with Gasteiger partial charge >= 0.3 is 11.9 Å². The van der Waals surface area contributed by atoms with Crippen molar-refractivity contribution in [2.24, 2.45) is 11.5 Å². The molecule has 1 aliphatic heterocycles. The summed E-state index contributed by atoms with van der Waals surface area (Å²) in [6, 6.07) is -3.76. The normalized spacial score (nSPS) is 19.4. The van der Waals surface area contributed by atoms with Crippen LogP contribution in [0.1, 0.15) is 25.7 Å². The molecule has 1 aliphatic rings. The second kappa shape index (κ2) is 8.24. The Balaban J connectivity index is 2.77. The van der Waals surface area contributed by atoms with E-state index in [-0.39, 0.29) is 13.0 Å². The number of aliphatic carboxylic acids is 2. The summed E-state index contributed by atoms with van der Waals surface area (Å²) >= 11 is 0. The molecule has 0 aromatic rings. The van der Waals surface area contributed by atoms with Crippen LogP contribution < -0.4 is 16.8 Å². The van der Waals surface area contributed by atoms with Crippen molar-refractivity contribution in [3.63, 3.8) is 0 Å². The van der Waals surface area contributed by atoms with Crippen molar-refractivity contribution in [3.05, 3.63) is 0 Å². The van der Waals surface area contributed by atoms with Crippen molar-refractivity contribution in [2.75, 3.05) is 6.54 Å². The minimum absolute atomic E-state index is 0.206. The number of nitrogens with two attached hydrogens (primary N) is 2. The molecule has 0 aliphatic carbocycles. The van der Waals surface area contributed by atoms with Crippen molar-refractivity contribution >= 4 is 29.7 Å². The number of hydrogen-bond donors (Lipinski definition) is 5. The van der Waals surface area contributed by atoms with Crippen molar-refractivity contribution in [1.82, 2.24) is 10.2 Å². The third-order valence-corrected chi connectivity index (χ3v) is 3.57. The molecule has 0 aromatic carbocycles. The van der Waals surface area contributed by atoms with E-state index in [9.17, 15) is 24.0 Å². The fourth-order valence-corrected chi connectivity index (χ4v) is 2.46. The van der Waals surface area contributed by atoms with Crippen molar-refractivity contribution in [3.8, 4) is 0 Å². The summed E-state index contributed by atoms with van der Waals surface area (Å²) in [5.41, 5.74) is 10.4. The molecule has 3 amide bonds. The third kappa shape index (κ3) is 5.19. The monoisotopic (exact) mass is 344 g/mol. The Kier molecular flexibility index (Phi) is 6.65. The van der Waals surface area contributed by atoms with Gasteiger partial charge in [-0.1, -0.05) is 0 Å². The van der Waals surface area contributed by atoms with Crippen molar-refractivity contribution < 1.29 is 34.2 Å². The number of amides is 3. The molecule has 1 rings (SSSR count). The van der Waals surface area contributed by atoms with Crippen LogP contribution in [0.15, 0.2) is 0 Å². The molecule has 11 nitrogen and oxygen atoms in total. The van der Waals surface area contributed by atoms with Crippen LogP contribution >= 0.6 is 0 Å². The lowest BCUT2D eigenvalue weighted by Gasteiger charge is -2.27. The minimum atomic E-state index is -1.50. The molecule has 1 saturated heterocycles. The number of carboxylic acid groups (broad SMARTS) is 2. The van der Waals surface area contributed by atoms with E-state index in [2.05, 4.69) is 5.32 Å². The Labute approximate surface area is 136 Å². The van der Waals surface area contributed by atoms with Gasteiger partial charge in [-0.05, 0) is 12.8 Å². The molecule has 11 heteroatoms. The van der Waals surface area contributed by atoms with Crippen LogP contribution in [0.25, 0.3) is 0 Å². The SMILES string of the molecule is NC(=O)C[C@H](NC(=O)[C@@H]1CCCN1C(=O)[C@@H](N)CC(=O)O)C(=O)O. The molecular weight excluding hydrogens is 324 g/mol. The second-order valence-electron chi connectivity index (χ2n) is 5.46. The largest absolute Gasteiger partial charge is 0.481 e. The zero-order valence-corrected chi connectivity index (χ0v) is 12.8. The van der Waals surface area contributed by atoms with Crippen molar-refractivity contribution in [1.29, 1.82) is 0 Å². The first-order valence-corrected chi connectivity index (χ1v) is 7.22. The lowest BCUT2D eigenvalue weighted by molar-refractivity contribution is -0.146. The minimum Gasteiger partial charge on any atom is -0.481 e. The average Bonchev–Trinajstić information content (AvgIpc) is 2.93. The number of rotatable bonds is 8. The molecular formula is C13H20N4O7. The Morgan fingerprint density at radius 1 is 1.17 bits per heavy atom. The molecule has 0 radical (unpaired) electrons. The van der Waals surface area contributed by atoms with Crippen LogP contribution in [0.2, 0.25) is 0 Å². The van der Waals surface area contributed by atoms with Gasteiger partial charge in [0.05, 0.1) is 18.9 Å². The second-order valence-corrected chi connectivity index (χ2v) is 5.46. The third-order valence-electron chi connectivity index (χ3n) is 3.57. The highest BCUT2D eigenvalue weighted by molar-refractivity contribution is 5.94. The van der Waals surface area contributed by atoms with E-state index in [4.69, 9.17) is 21.7 Å². The van der Waals surface area contributed by atoms with Gasteiger partial charge < -0.3 is 31.9 Å². The number of carbonyl (C=O) groups excluding carboxylic acids is 3. The van der Waals surface area contributed by atoms with E-state index in [1.165, 1.54) is 0 Å². The molecule has 0 aromatic heterocycles. The molecule has 0 unspecified atom stereocenters. The lowest BCUT2D eigenvalue weighted by atomic mass is 10.1. The Morgan fingerprint density at radius 3 is 2.29 bits per heavy atom. The summed E-state index contributed by atoms with van der Waals surface area (Å²) < 4.78 is 0. The van der Waals surface area contributed by atoms with E-state index >= 15 is 0 Å². The van der Waals surface area contributed by atoms with Gasteiger partial charge in [0.15, 0.2) is 0 Å². The number of carboxylic acids is 2. The summed E-state index contributed by atoms with van der Waals surface area (Å²) in [5, 5.41) is 19.8. The smallest absolute Gasteiger partial charge is 0.326 e. The standard InChI is InChI=1S/C13H20N4O7/c14-6(4-10(19)20)12(22)17-3-1-2-8(17)11(21)16-7(13(23)24)5-9(15)18/h6-8H,1-5,14H2,(H2,15,18)(H,16,21)(H,19,20)(H,23,24)/t6-,7-,8-/m0/s1. The number of likely N-dealkylation sites (tertiary alicyclic amines) is 1. The molecule has 24 heavy (non-hydrogen) atoms. The maximum atomic E-state index is 12.2. The molecule has 134 valence electrons. The fourth-order valence-electron chi connectivity index (χ4n) is 2.46. The van der Waals surface area contributed by atoms with Gasteiger partial charge in [-0.3, -0.25) is 19.2 Å². The highest BCUT2D eigenvalue weighted by Gasteiger charge is 2.38. The summed E-state index contributed by atoms with van der Waals surface area (Å²) in [5.74, 6) is -5.02. The molecule has 1 heterocycles. The van der Waals surface area contributed by atoms with Crippen molar-refractivity contribution in [2.45, 2.75) is 43.8 Å². The van der Waals surface area contributed by atoms with E-state index in [0.29, 0.717) is 6.42 Å². The predicted molar refractivity (Wildman–Crippen MR) is 78.3 cm³/mol. The van der Waals surface area contributed by atoms with Gasteiger partial charge in [0.25, 0.3) is 0 Å². The van der Waals surface area contributed by atoms with Gasteiger partial charge in [0, 0.05) is 6.54 Å². The molecule has 0 spiro atoms. The first kappa shape index (κ1) is 19.4. The molecule has 7 N–H and O–H groups in total. The molecule has 0 saturated carbocycles. The molecule has 0 bridgehead atoms. The van der Waals surface area contributed by atoms with Gasteiger partial charge in [-0.2, -0.15) is 0 Å². The summed E-state index contributed by atoms with van der Waals surface area (Å²) in [6.45, 7) is 0.206. The number of nitrogens with zero attached hydrogens (tertiary/aromatic N) is 1. The van der Waals surface area contributed by atoms with E-state index in [1.807, 2.05) is 0 Å². The number of hydrogen-bond acceptors (Lipinski definition) is 6. The highest BCUT2D eigenvalue weighted by atomic mass is 16.4. The van der Waals surface area contributed by atoms with Crippen LogP contribution in [0.4, 0.5) is 0 Å².